The molecule has 0 amide bonds. The van der Waals surface area contributed by atoms with Crippen molar-refractivity contribution in [3.63, 3.8) is 0 Å². The molecule has 0 radical (unpaired) electrons. The van der Waals surface area contributed by atoms with E-state index in [1.54, 1.807) is 21.1 Å². The first-order chi connectivity index (χ1) is 9.96. The van der Waals surface area contributed by atoms with Crippen molar-refractivity contribution in [2.75, 3.05) is 14.2 Å². The molecular weight excluding hydrogens is 280 g/mol. The summed E-state index contributed by atoms with van der Waals surface area (Å²) in [5.41, 5.74) is 0. The van der Waals surface area contributed by atoms with Gasteiger partial charge in [0, 0.05) is 27.1 Å². The first kappa shape index (κ1) is 17.1. The van der Waals surface area contributed by atoms with Crippen molar-refractivity contribution in [1.82, 2.24) is 0 Å². The molecule has 0 aromatic carbocycles. The van der Waals surface area contributed by atoms with Crippen molar-refractivity contribution >= 4 is 0 Å². The van der Waals surface area contributed by atoms with Crippen LogP contribution in [0.25, 0.3) is 0 Å². The van der Waals surface area contributed by atoms with E-state index in [0.717, 1.165) is 0 Å². The molecule has 7 nitrogen and oxygen atoms in total. The Hall–Kier alpha value is -0.280. The maximum atomic E-state index is 9.96. The third-order valence-electron chi connectivity index (χ3n) is 4.20. The van der Waals surface area contributed by atoms with Crippen LogP contribution in [0.1, 0.15) is 26.7 Å². The summed E-state index contributed by atoms with van der Waals surface area (Å²) in [6.45, 7) is 3.61. The zero-order chi connectivity index (χ0) is 15.6. The molecule has 0 saturated carbocycles. The Morgan fingerprint density at radius 3 is 2.19 bits per heavy atom. The van der Waals surface area contributed by atoms with Crippen molar-refractivity contribution in [1.29, 1.82) is 0 Å². The summed E-state index contributed by atoms with van der Waals surface area (Å²) in [6, 6.07) is 0. The molecule has 2 aliphatic heterocycles. The minimum absolute atomic E-state index is 0.268. The smallest absolute Gasteiger partial charge is 0.161 e. The van der Waals surface area contributed by atoms with E-state index in [1.165, 1.54) is 0 Å². The molecule has 21 heavy (non-hydrogen) atoms. The number of rotatable bonds is 4. The number of aliphatic hydroxyl groups is 2. The van der Waals surface area contributed by atoms with Gasteiger partial charge in [-0.1, -0.05) is 0 Å². The lowest BCUT2D eigenvalue weighted by atomic mass is 10.0. The molecule has 2 rings (SSSR count). The molecule has 2 N–H and O–H groups in total. The number of ether oxygens (including phenoxy) is 5. The first-order valence-corrected chi connectivity index (χ1v) is 7.34. The summed E-state index contributed by atoms with van der Waals surface area (Å²) in [6.07, 6.45) is -2.86. The van der Waals surface area contributed by atoms with E-state index in [0.29, 0.717) is 12.8 Å². The van der Waals surface area contributed by atoms with Gasteiger partial charge < -0.3 is 33.9 Å². The average molecular weight is 306 g/mol. The zero-order valence-corrected chi connectivity index (χ0v) is 13.0. The van der Waals surface area contributed by atoms with Gasteiger partial charge in [0.1, 0.15) is 12.2 Å². The van der Waals surface area contributed by atoms with Crippen molar-refractivity contribution in [2.24, 2.45) is 0 Å². The van der Waals surface area contributed by atoms with Gasteiger partial charge in [0.25, 0.3) is 0 Å². The maximum absolute atomic E-state index is 9.96. The van der Waals surface area contributed by atoms with E-state index in [-0.39, 0.29) is 30.5 Å². The van der Waals surface area contributed by atoms with Crippen LogP contribution >= 0.6 is 0 Å². The average Bonchev–Trinajstić information content (AvgIpc) is 2.45. The normalized spacial score (nSPS) is 48.3. The Morgan fingerprint density at radius 1 is 0.905 bits per heavy atom. The summed E-state index contributed by atoms with van der Waals surface area (Å²) < 4.78 is 27.7. The second-order valence-corrected chi connectivity index (χ2v) is 5.68. The Labute approximate surface area is 125 Å². The molecule has 2 unspecified atom stereocenters. The number of aliphatic hydroxyl groups excluding tert-OH is 2. The van der Waals surface area contributed by atoms with Crippen LogP contribution in [0.5, 0.6) is 0 Å². The van der Waals surface area contributed by atoms with Crippen molar-refractivity contribution in [3.8, 4) is 0 Å². The lowest BCUT2D eigenvalue weighted by Crippen LogP contribution is -2.54. The van der Waals surface area contributed by atoms with Gasteiger partial charge in [-0.25, -0.2) is 0 Å². The van der Waals surface area contributed by atoms with Crippen LogP contribution in [0.2, 0.25) is 0 Å². The van der Waals surface area contributed by atoms with Crippen LogP contribution in [0.3, 0.4) is 0 Å². The van der Waals surface area contributed by atoms with E-state index in [2.05, 4.69) is 0 Å². The van der Waals surface area contributed by atoms with Gasteiger partial charge in [-0.3, -0.25) is 0 Å². The largest absolute Gasteiger partial charge is 0.388 e. The lowest BCUT2D eigenvalue weighted by molar-refractivity contribution is -0.310. The van der Waals surface area contributed by atoms with Crippen molar-refractivity contribution < 1.29 is 33.9 Å². The fraction of sp³-hybridized carbons (Fsp3) is 1.00. The topological polar surface area (TPSA) is 86.6 Å². The molecule has 8 atom stereocenters. The van der Waals surface area contributed by atoms with Gasteiger partial charge in [-0.05, 0) is 13.8 Å². The highest BCUT2D eigenvalue weighted by atomic mass is 16.7. The predicted octanol–water partition coefficient (Wildman–Crippen LogP) is 0.0246. The molecule has 0 aliphatic carbocycles. The van der Waals surface area contributed by atoms with Crippen LogP contribution in [-0.4, -0.2) is 73.6 Å². The van der Waals surface area contributed by atoms with E-state index in [9.17, 15) is 10.2 Å². The fourth-order valence-electron chi connectivity index (χ4n) is 2.95. The third-order valence-corrected chi connectivity index (χ3v) is 4.20. The minimum atomic E-state index is -0.843. The molecule has 2 fully saturated rings. The second kappa shape index (κ2) is 7.32. The van der Waals surface area contributed by atoms with Gasteiger partial charge in [0.2, 0.25) is 0 Å². The molecule has 0 bridgehead atoms. The van der Waals surface area contributed by atoms with Crippen LogP contribution in [0.4, 0.5) is 0 Å². The van der Waals surface area contributed by atoms with Gasteiger partial charge in [-0.15, -0.1) is 0 Å². The van der Waals surface area contributed by atoms with Gasteiger partial charge in [0.15, 0.2) is 12.6 Å². The Bertz CT molecular complexity index is 326. The summed E-state index contributed by atoms with van der Waals surface area (Å²) in [4.78, 5) is 0. The highest BCUT2D eigenvalue weighted by Crippen LogP contribution is 2.29. The highest BCUT2D eigenvalue weighted by molar-refractivity contribution is 4.86. The summed E-state index contributed by atoms with van der Waals surface area (Å²) in [7, 11) is 3.14. The molecular formula is C14H26O7. The molecule has 124 valence electrons. The van der Waals surface area contributed by atoms with Crippen molar-refractivity contribution in [2.45, 2.75) is 75.9 Å². The van der Waals surface area contributed by atoms with E-state index >= 15 is 0 Å². The number of hydrogen-bond acceptors (Lipinski definition) is 7. The minimum Gasteiger partial charge on any atom is -0.388 e. The molecule has 2 aliphatic rings. The van der Waals surface area contributed by atoms with Gasteiger partial charge in [0.05, 0.1) is 24.4 Å². The maximum Gasteiger partial charge on any atom is 0.161 e. The second-order valence-electron chi connectivity index (χ2n) is 5.68. The molecule has 0 aromatic rings. The molecule has 2 heterocycles. The quantitative estimate of drug-likeness (QED) is 0.757. The Balaban J connectivity index is 1.99. The Kier molecular flexibility index (Phi) is 5.96. The summed E-state index contributed by atoms with van der Waals surface area (Å²) in [5, 5.41) is 19.6. The van der Waals surface area contributed by atoms with E-state index in [1.807, 2.05) is 6.92 Å². The van der Waals surface area contributed by atoms with Crippen LogP contribution in [0.15, 0.2) is 0 Å². The third kappa shape index (κ3) is 3.92. The Morgan fingerprint density at radius 2 is 1.57 bits per heavy atom. The fourth-order valence-corrected chi connectivity index (χ4v) is 2.95. The predicted molar refractivity (Wildman–Crippen MR) is 72.6 cm³/mol. The van der Waals surface area contributed by atoms with Gasteiger partial charge in [-0.2, -0.15) is 0 Å². The lowest BCUT2D eigenvalue weighted by Gasteiger charge is -2.42. The zero-order valence-electron chi connectivity index (χ0n) is 13.0. The van der Waals surface area contributed by atoms with Gasteiger partial charge >= 0.3 is 0 Å². The van der Waals surface area contributed by atoms with Crippen LogP contribution in [0, 0.1) is 0 Å². The van der Waals surface area contributed by atoms with Crippen LogP contribution in [-0.2, 0) is 23.7 Å². The van der Waals surface area contributed by atoms with E-state index < -0.39 is 18.7 Å². The summed E-state index contributed by atoms with van der Waals surface area (Å²) >= 11 is 0. The highest BCUT2D eigenvalue weighted by Gasteiger charge is 2.42. The van der Waals surface area contributed by atoms with Crippen LogP contribution < -0.4 is 0 Å². The van der Waals surface area contributed by atoms with Crippen molar-refractivity contribution in [3.05, 3.63) is 0 Å². The molecule has 0 spiro atoms. The summed E-state index contributed by atoms with van der Waals surface area (Å²) in [5.74, 6) is 0. The standard InChI is InChI=1S/C14H26O7/c1-7-13(16)9(17-3)6-12(20-7)21-14-8(2)19-11(15)5-10(14)18-4/h7-16H,5-6H2,1-4H3/t7-,8-,9-,10-,11?,12-,13-,14?/m0/s1. The number of hydrogen-bond donors (Lipinski definition) is 2. The first-order valence-electron chi connectivity index (χ1n) is 7.34. The molecule has 7 heteroatoms. The monoisotopic (exact) mass is 306 g/mol. The van der Waals surface area contributed by atoms with E-state index in [4.69, 9.17) is 23.7 Å². The molecule has 0 aromatic heterocycles. The SMILES string of the molecule is CO[C@H]1CC(O)O[C@@H](C)C1O[C@H]1C[C@H](OC)[C@@H](O)[C@H](C)O1. The molecule has 2 saturated heterocycles. The number of methoxy groups -OCH3 is 2.